The number of aliphatic imine (C=N–C) groups is 1. The van der Waals surface area contributed by atoms with Crippen LogP contribution in [0.15, 0.2) is 29.3 Å². The summed E-state index contributed by atoms with van der Waals surface area (Å²) in [4.78, 5) is 4.75. The fraction of sp³-hybridized carbons (Fsp3) is 0.533. The van der Waals surface area contributed by atoms with Crippen molar-refractivity contribution >= 4 is 5.90 Å². The first-order valence-corrected chi connectivity index (χ1v) is 6.89. The Hall–Kier alpha value is -1.55. The van der Waals surface area contributed by atoms with Crippen LogP contribution in [-0.4, -0.2) is 31.7 Å². The number of nitrogens with zero attached hydrogens (tertiary/aromatic N) is 1. The molecule has 1 heterocycles. The Morgan fingerprint density at radius 3 is 3.00 bits per heavy atom. The topological polar surface area (TPSA) is 56.8 Å². The number of methoxy groups -OCH3 is 1. The van der Waals surface area contributed by atoms with E-state index in [1.165, 1.54) is 0 Å². The minimum absolute atomic E-state index is 0.225. The van der Waals surface area contributed by atoms with Crippen LogP contribution in [0, 0.1) is 5.92 Å². The van der Waals surface area contributed by atoms with Gasteiger partial charge in [-0.2, -0.15) is 0 Å². The first kappa shape index (κ1) is 12.5. The number of hydrogen-bond donors (Lipinski definition) is 1. The van der Waals surface area contributed by atoms with Gasteiger partial charge in [-0.1, -0.05) is 12.1 Å². The van der Waals surface area contributed by atoms with Crippen LogP contribution in [0.5, 0.6) is 5.75 Å². The first-order chi connectivity index (χ1) is 9.31. The molecule has 1 aliphatic heterocycles. The summed E-state index contributed by atoms with van der Waals surface area (Å²) in [5, 5.41) is 0. The van der Waals surface area contributed by atoms with Crippen LogP contribution >= 0.6 is 0 Å². The second kappa shape index (κ2) is 5.21. The van der Waals surface area contributed by atoms with Crippen molar-refractivity contribution in [3.05, 3.63) is 29.8 Å². The molecule has 1 aromatic rings. The zero-order valence-corrected chi connectivity index (χ0v) is 11.2. The van der Waals surface area contributed by atoms with E-state index in [0.717, 1.165) is 43.0 Å². The van der Waals surface area contributed by atoms with E-state index in [1.54, 1.807) is 7.11 Å². The van der Waals surface area contributed by atoms with E-state index in [2.05, 4.69) is 0 Å². The molecule has 1 aliphatic carbocycles. The van der Waals surface area contributed by atoms with Gasteiger partial charge in [-0.05, 0) is 43.9 Å². The number of hydrogen-bond acceptors (Lipinski definition) is 4. The molecular formula is C15H20N2O2. The van der Waals surface area contributed by atoms with Crippen molar-refractivity contribution in [2.75, 3.05) is 13.7 Å². The maximum absolute atomic E-state index is 6.02. The summed E-state index contributed by atoms with van der Waals surface area (Å²) < 4.78 is 11.4. The lowest BCUT2D eigenvalue weighted by molar-refractivity contribution is 0.129. The van der Waals surface area contributed by atoms with Gasteiger partial charge in [0, 0.05) is 0 Å². The predicted molar refractivity (Wildman–Crippen MR) is 74.6 cm³/mol. The summed E-state index contributed by atoms with van der Waals surface area (Å²) in [6.45, 7) is 0.753. The maximum Gasteiger partial charge on any atom is 0.220 e. The molecule has 1 fully saturated rings. The summed E-state index contributed by atoms with van der Waals surface area (Å²) in [6, 6.07) is 8.13. The second-order valence-electron chi connectivity index (χ2n) is 5.27. The highest BCUT2D eigenvalue weighted by molar-refractivity contribution is 5.98. The standard InChI is InChI=1S/C15H20N2O2/c1-18-13-5-3-2-4-11(13)15-17-12-8-10(9-16)6-7-14(12)19-15/h2-5,10,12,14H,6-9,16H2,1H3. The van der Waals surface area contributed by atoms with Crippen LogP contribution in [0.4, 0.5) is 0 Å². The maximum atomic E-state index is 6.02. The first-order valence-electron chi connectivity index (χ1n) is 6.89. The number of nitrogens with two attached hydrogens (primary N) is 1. The van der Waals surface area contributed by atoms with Crippen molar-refractivity contribution < 1.29 is 9.47 Å². The van der Waals surface area contributed by atoms with E-state index in [-0.39, 0.29) is 12.1 Å². The number of rotatable bonds is 3. The van der Waals surface area contributed by atoms with Crippen molar-refractivity contribution in [1.82, 2.24) is 0 Å². The molecule has 3 rings (SSSR count). The zero-order chi connectivity index (χ0) is 13.2. The average molecular weight is 260 g/mol. The molecule has 2 aliphatic rings. The fourth-order valence-corrected chi connectivity index (χ4v) is 2.97. The molecule has 1 saturated carbocycles. The summed E-state index contributed by atoms with van der Waals surface area (Å²) in [7, 11) is 1.67. The number of benzene rings is 1. The lowest BCUT2D eigenvalue weighted by Crippen LogP contribution is -2.33. The molecule has 3 unspecified atom stereocenters. The molecule has 0 spiro atoms. The van der Waals surface area contributed by atoms with Gasteiger partial charge < -0.3 is 15.2 Å². The van der Waals surface area contributed by atoms with E-state index in [1.807, 2.05) is 24.3 Å². The SMILES string of the molecule is COc1ccccc1C1=NC2CC(CN)CCC2O1. The fourth-order valence-electron chi connectivity index (χ4n) is 2.97. The highest BCUT2D eigenvalue weighted by Crippen LogP contribution is 2.34. The van der Waals surface area contributed by atoms with Crippen LogP contribution in [0.3, 0.4) is 0 Å². The second-order valence-corrected chi connectivity index (χ2v) is 5.27. The molecule has 4 nitrogen and oxygen atoms in total. The van der Waals surface area contributed by atoms with Crippen LogP contribution in [0.25, 0.3) is 0 Å². The van der Waals surface area contributed by atoms with E-state index >= 15 is 0 Å². The molecule has 102 valence electrons. The molecule has 19 heavy (non-hydrogen) atoms. The third kappa shape index (κ3) is 2.32. The number of fused-ring (bicyclic) bond motifs is 1. The number of para-hydroxylation sites is 1. The van der Waals surface area contributed by atoms with E-state index < -0.39 is 0 Å². The van der Waals surface area contributed by atoms with Gasteiger partial charge in [-0.15, -0.1) is 0 Å². The third-order valence-corrected chi connectivity index (χ3v) is 4.08. The van der Waals surface area contributed by atoms with Gasteiger partial charge in [0.25, 0.3) is 0 Å². The van der Waals surface area contributed by atoms with Gasteiger partial charge in [0.15, 0.2) is 0 Å². The Bertz CT molecular complexity index is 487. The van der Waals surface area contributed by atoms with E-state index in [0.29, 0.717) is 5.92 Å². The highest BCUT2D eigenvalue weighted by atomic mass is 16.5. The molecule has 0 radical (unpaired) electrons. The molecule has 4 heteroatoms. The molecule has 1 aromatic carbocycles. The lowest BCUT2D eigenvalue weighted by Gasteiger charge is -2.28. The Balaban J connectivity index is 1.83. The lowest BCUT2D eigenvalue weighted by atomic mass is 9.84. The minimum atomic E-state index is 0.225. The zero-order valence-electron chi connectivity index (χ0n) is 11.2. The van der Waals surface area contributed by atoms with Crippen LogP contribution in [0.1, 0.15) is 24.8 Å². The summed E-state index contributed by atoms with van der Waals surface area (Å²) in [6.07, 6.45) is 3.46. The Labute approximate surface area is 113 Å². The van der Waals surface area contributed by atoms with E-state index in [9.17, 15) is 0 Å². The summed E-state index contributed by atoms with van der Waals surface area (Å²) >= 11 is 0. The van der Waals surface area contributed by atoms with Crippen molar-refractivity contribution in [3.63, 3.8) is 0 Å². The van der Waals surface area contributed by atoms with Crippen molar-refractivity contribution in [2.24, 2.45) is 16.6 Å². The Morgan fingerprint density at radius 2 is 2.21 bits per heavy atom. The average Bonchev–Trinajstić information content (AvgIpc) is 2.89. The Kier molecular flexibility index (Phi) is 3.42. The quantitative estimate of drug-likeness (QED) is 0.904. The largest absolute Gasteiger partial charge is 0.496 e. The third-order valence-electron chi connectivity index (χ3n) is 4.08. The van der Waals surface area contributed by atoms with Gasteiger partial charge in [0.05, 0.1) is 18.7 Å². The van der Waals surface area contributed by atoms with Crippen molar-refractivity contribution in [2.45, 2.75) is 31.4 Å². The highest BCUT2D eigenvalue weighted by Gasteiger charge is 2.37. The van der Waals surface area contributed by atoms with E-state index in [4.69, 9.17) is 20.2 Å². The molecule has 0 aromatic heterocycles. The van der Waals surface area contributed by atoms with Gasteiger partial charge in [-0.3, -0.25) is 0 Å². The monoisotopic (exact) mass is 260 g/mol. The van der Waals surface area contributed by atoms with Crippen LogP contribution < -0.4 is 10.5 Å². The van der Waals surface area contributed by atoms with Gasteiger partial charge >= 0.3 is 0 Å². The summed E-state index contributed by atoms with van der Waals surface area (Å²) in [5.74, 6) is 2.13. The smallest absolute Gasteiger partial charge is 0.220 e. The van der Waals surface area contributed by atoms with Gasteiger partial charge in [0.1, 0.15) is 11.9 Å². The molecule has 2 N–H and O–H groups in total. The molecule has 0 saturated heterocycles. The molecule has 0 bridgehead atoms. The minimum Gasteiger partial charge on any atom is -0.496 e. The van der Waals surface area contributed by atoms with Crippen molar-refractivity contribution in [1.29, 1.82) is 0 Å². The van der Waals surface area contributed by atoms with Crippen LogP contribution in [0.2, 0.25) is 0 Å². The van der Waals surface area contributed by atoms with Gasteiger partial charge in [0.2, 0.25) is 5.90 Å². The number of ether oxygens (including phenoxy) is 2. The Morgan fingerprint density at radius 1 is 1.37 bits per heavy atom. The van der Waals surface area contributed by atoms with Crippen LogP contribution in [-0.2, 0) is 4.74 Å². The van der Waals surface area contributed by atoms with Gasteiger partial charge in [-0.25, -0.2) is 4.99 Å². The molecule has 3 atom stereocenters. The predicted octanol–water partition coefficient (Wildman–Crippen LogP) is 1.97. The normalized spacial score (nSPS) is 29.4. The summed E-state index contributed by atoms with van der Waals surface area (Å²) in [5.41, 5.74) is 6.72. The molecular weight excluding hydrogens is 240 g/mol. The molecule has 0 amide bonds. The van der Waals surface area contributed by atoms with Crippen molar-refractivity contribution in [3.8, 4) is 5.75 Å².